The summed E-state index contributed by atoms with van der Waals surface area (Å²) in [5, 5.41) is 0. The zero-order valence-corrected chi connectivity index (χ0v) is 14.4. The van der Waals surface area contributed by atoms with Crippen LogP contribution in [0.2, 0.25) is 0 Å². The van der Waals surface area contributed by atoms with Gasteiger partial charge in [-0.15, -0.1) is 0 Å². The number of ether oxygens (including phenoxy) is 2. The van der Waals surface area contributed by atoms with Crippen molar-refractivity contribution >= 4 is 21.8 Å². The van der Waals surface area contributed by atoms with Crippen LogP contribution in [0.15, 0.2) is 16.6 Å². The fourth-order valence-corrected chi connectivity index (χ4v) is 2.72. The average molecular weight is 359 g/mol. The lowest BCUT2D eigenvalue weighted by atomic mass is 10.1. The van der Waals surface area contributed by atoms with Gasteiger partial charge in [0, 0.05) is 6.54 Å². The number of methoxy groups -OCH3 is 2. The summed E-state index contributed by atoms with van der Waals surface area (Å²) in [6, 6.07) is 3.83. The predicted octanol–water partition coefficient (Wildman–Crippen LogP) is 2.55. The lowest BCUT2D eigenvalue weighted by molar-refractivity contribution is -0.119. The first kappa shape index (κ1) is 17.8. The maximum Gasteiger partial charge on any atom is 0.231 e. The monoisotopic (exact) mass is 358 g/mol. The summed E-state index contributed by atoms with van der Waals surface area (Å²) in [5.74, 6) is 1.01. The third kappa shape index (κ3) is 5.21. The van der Waals surface area contributed by atoms with E-state index in [1.165, 1.54) is 0 Å². The Labute approximate surface area is 134 Å². The van der Waals surface area contributed by atoms with E-state index >= 15 is 0 Å². The lowest BCUT2D eigenvalue weighted by Crippen LogP contribution is -2.34. The summed E-state index contributed by atoms with van der Waals surface area (Å²) >= 11 is 3.55. The number of rotatable bonds is 9. The first-order chi connectivity index (χ1) is 10.0. The summed E-state index contributed by atoms with van der Waals surface area (Å²) in [6.07, 6.45) is 2.10. The van der Waals surface area contributed by atoms with Gasteiger partial charge >= 0.3 is 0 Å². The van der Waals surface area contributed by atoms with Crippen LogP contribution in [0.4, 0.5) is 0 Å². The Kier molecular flexibility index (Phi) is 7.53. The van der Waals surface area contributed by atoms with Crippen molar-refractivity contribution in [3.8, 4) is 11.5 Å². The number of primary amides is 1. The molecule has 0 heterocycles. The maximum atomic E-state index is 11.2. The van der Waals surface area contributed by atoms with Crippen LogP contribution in [0.25, 0.3) is 0 Å². The molecule has 0 fully saturated rings. The van der Waals surface area contributed by atoms with Gasteiger partial charge in [-0.25, -0.2) is 0 Å². The summed E-state index contributed by atoms with van der Waals surface area (Å²) < 4.78 is 11.5. The van der Waals surface area contributed by atoms with Crippen molar-refractivity contribution in [2.45, 2.75) is 26.3 Å². The SMILES string of the molecule is CCCCN(CC(N)=O)Cc1ccc(OC)c(OC)c1Br. The number of carbonyl (C=O) groups excluding carboxylic acids is 1. The van der Waals surface area contributed by atoms with Crippen molar-refractivity contribution in [1.82, 2.24) is 4.90 Å². The number of carbonyl (C=O) groups is 1. The zero-order chi connectivity index (χ0) is 15.8. The summed E-state index contributed by atoms with van der Waals surface area (Å²) in [5.41, 5.74) is 6.35. The molecule has 21 heavy (non-hydrogen) atoms. The van der Waals surface area contributed by atoms with Crippen LogP contribution in [0.5, 0.6) is 11.5 Å². The molecule has 0 saturated heterocycles. The molecule has 0 unspecified atom stereocenters. The number of nitrogens with two attached hydrogens (primary N) is 1. The van der Waals surface area contributed by atoms with E-state index in [4.69, 9.17) is 15.2 Å². The molecule has 1 rings (SSSR count). The van der Waals surface area contributed by atoms with Crippen molar-refractivity contribution in [2.24, 2.45) is 5.73 Å². The second-order valence-corrected chi connectivity index (χ2v) is 5.60. The fourth-order valence-electron chi connectivity index (χ4n) is 2.11. The predicted molar refractivity (Wildman–Crippen MR) is 86.6 cm³/mol. The topological polar surface area (TPSA) is 64.8 Å². The van der Waals surface area contributed by atoms with Crippen molar-refractivity contribution in [1.29, 1.82) is 0 Å². The van der Waals surface area contributed by atoms with Gasteiger partial charge in [0.25, 0.3) is 0 Å². The van der Waals surface area contributed by atoms with Gasteiger partial charge < -0.3 is 15.2 Å². The Bertz CT molecular complexity index is 480. The highest BCUT2D eigenvalue weighted by Crippen LogP contribution is 2.37. The molecule has 5 nitrogen and oxygen atoms in total. The van der Waals surface area contributed by atoms with E-state index in [1.54, 1.807) is 14.2 Å². The molecule has 1 aromatic rings. The number of benzene rings is 1. The lowest BCUT2D eigenvalue weighted by Gasteiger charge is -2.22. The first-order valence-corrected chi connectivity index (χ1v) is 7.72. The van der Waals surface area contributed by atoms with E-state index in [1.807, 2.05) is 17.0 Å². The molecular weight excluding hydrogens is 336 g/mol. The first-order valence-electron chi connectivity index (χ1n) is 6.93. The van der Waals surface area contributed by atoms with Crippen LogP contribution >= 0.6 is 15.9 Å². The summed E-state index contributed by atoms with van der Waals surface area (Å²) in [7, 11) is 3.20. The van der Waals surface area contributed by atoms with Crippen molar-refractivity contribution in [3.05, 3.63) is 22.2 Å². The maximum absolute atomic E-state index is 11.2. The van der Waals surface area contributed by atoms with Crippen molar-refractivity contribution < 1.29 is 14.3 Å². The molecule has 0 spiro atoms. The molecule has 0 aliphatic carbocycles. The third-order valence-electron chi connectivity index (χ3n) is 3.17. The average Bonchev–Trinajstić information content (AvgIpc) is 2.45. The molecule has 0 aliphatic heterocycles. The van der Waals surface area contributed by atoms with E-state index in [0.29, 0.717) is 18.0 Å². The minimum absolute atomic E-state index is 0.251. The largest absolute Gasteiger partial charge is 0.493 e. The number of unbranched alkanes of at least 4 members (excludes halogenated alkanes) is 1. The molecule has 0 aliphatic rings. The quantitative estimate of drug-likeness (QED) is 0.736. The van der Waals surface area contributed by atoms with E-state index in [9.17, 15) is 4.79 Å². The molecule has 6 heteroatoms. The number of halogens is 1. The molecular formula is C15H23BrN2O3. The molecule has 0 radical (unpaired) electrons. The number of amides is 1. The Hall–Kier alpha value is -1.27. The minimum atomic E-state index is -0.317. The minimum Gasteiger partial charge on any atom is -0.493 e. The molecule has 1 amide bonds. The fraction of sp³-hybridized carbons (Fsp3) is 0.533. The van der Waals surface area contributed by atoms with E-state index in [-0.39, 0.29) is 12.5 Å². The molecule has 0 bridgehead atoms. The normalized spacial score (nSPS) is 10.7. The highest BCUT2D eigenvalue weighted by molar-refractivity contribution is 9.10. The Morgan fingerprint density at radius 2 is 2.05 bits per heavy atom. The molecule has 2 N–H and O–H groups in total. The Morgan fingerprint density at radius 1 is 1.33 bits per heavy atom. The van der Waals surface area contributed by atoms with Gasteiger partial charge in [0.1, 0.15) is 0 Å². The molecule has 0 saturated carbocycles. The van der Waals surface area contributed by atoms with Gasteiger partial charge in [0.15, 0.2) is 11.5 Å². The Morgan fingerprint density at radius 3 is 2.57 bits per heavy atom. The highest BCUT2D eigenvalue weighted by atomic mass is 79.9. The van der Waals surface area contributed by atoms with Crippen LogP contribution in [0.3, 0.4) is 0 Å². The Balaban J connectivity index is 2.94. The van der Waals surface area contributed by atoms with Crippen molar-refractivity contribution in [2.75, 3.05) is 27.3 Å². The van der Waals surface area contributed by atoms with Gasteiger partial charge in [0.05, 0.1) is 25.2 Å². The number of nitrogens with zero attached hydrogens (tertiary/aromatic N) is 1. The van der Waals surface area contributed by atoms with Crippen molar-refractivity contribution in [3.63, 3.8) is 0 Å². The second kappa shape index (κ2) is 8.89. The third-order valence-corrected chi connectivity index (χ3v) is 4.04. The van der Waals surface area contributed by atoms with Gasteiger partial charge in [-0.05, 0) is 40.5 Å². The number of hydrogen-bond donors (Lipinski definition) is 1. The van der Waals surface area contributed by atoms with Crippen LogP contribution in [0.1, 0.15) is 25.3 Å². The molecule has 118 valence electrons. The van der Waals surface area contributed by atoms with Gasteiger partial charge in [-0.3, -0.25) is 9.69 Å². The van der Waals surface area contributed by atoms with E-state index in [0.717, 1.165) is 29.4 Å². The molecule has 1 aromatic carbocycles. The van der Waals surface area contributed by atoms with Crippen LogP contribution in [0, 0.1) is 0 Å². The molecule has 0 atom stereocenters. The van der Waals surface area contributed by atoms with Crippen LogP contribution < -0.4 is 15.2 Å². The van der Waals surface area contributed by atoms with Gasteiger partial charge in [-0.1, -0.05) is 19.4 Å². The van der Waals surface area contributed by atoms with Crippen LogP contribution in [-0.2, 0) is 11.3 Å². The molecule has 0 aromatic heterocycles. The van der Waals surface area contributed by atoms with Crippen LogP contribution in [-0.4, -0.2) is 38.1 Å². The zero-order valence-electron chi connectivity index (χ0n) is 12.8. The van der Waals surface area contributed by atoms with Gasteiger partial charge in [0.2, 0.25) is 5.91 Å². The second-order valence-electron chi connectivity index (χ2n) is 4.80. The summed E-state index contributed by atoms with van der Waals surface area (Å²) in [6.45, 7) is 3.83. The number of hydrogen-bond acceptors (Lipinski definition) is 4. The summed E-state index contributed by atoms with van der Waals surface area (Å²) in [4.78, 5) is 13.2. The smallest absolute Gasteiger partial charge is 0.231 e. The van der Waals surface area contributed by atoms with E-state index in [2.05, 4.69) is 22.9 Å². The van der Waals surface area contributed by atoms with E-state index < -0.39 is 0 Å². The standard InChI is InChI=1S/C15H23BrN2O3/c1-4-5-8-18(10-13(17)19)9-11-6-7-12(20-2)15(21-3)14(11)16/h6-7H,4-5,8-10H2,1-3H3,(H2,17,19). The highest BCUT2D eigenvalue weighted by Gasteiger charge is 2.16. The van der Waals surface area contributed by atoms with Gasteiger partial charge in [-0.2, -0.15) is 0 Å².